The molecule has 2 nitrogen and oxygen atoms in total. The fourth-order valence-corrected chi connectivity index (χ4v) is 2.87. The Bertz CT molecular complexity index is 651. The highest BCUT2D eigenvalue weighted by atomic mass is 19.3. The third-order valence-electron chi connectivity index (χ3n) is 4.13. The third-order valence-corrected chi connectivity index (χ3v) is 4.13. The number of aryl methyl sites for hydroxylation is 1. The van der Waals surface area contributed by atoms with Crippen molar-refractivity contribution >= 4 is 5.69 Å². The summed E-state index contributed by atoms with van der Waals surface area (Å²) in [6.07, 6.45) is 15.2. The first-order valence-corrected chi connectivity index (χ1v) is 9.28. The first-order valence-electron chi connectivity index (χ1n) is 9.28. The van der Waals surface area contributed by atoms with Crippen LogP contribution in [-0.4, -0.2) is 25.8 Å². The molecule has 1 aromatic rings. The van der Waals surface area contributed by atoms with Crippen LogP contribution in [0.2, 0.25) is 0 Å². The van der Waals surface area contributed by atoms with Crippen molar-refractivity contribution in [3.8, 4) is 12.3 Å². The van der Waals surface area contributed by atoms with Crippen LogP contribution in [0.5, 0.6) is 0 Å². The Hall–Kier alpha value is -2.12. The maximum Gasteiger partial charge on any atom is 0.270 e. The number of halogens is 2. The molecule has 0 aliphatic carbocycles. The second-order valence-corrected chi connectivity index (χ2v) is 6.39. The molecule has 0 aromatic heterocycles. The van der Waals surface area contributed by atoms with Gasteiger partial charge < -0.3 is 10.0 Å². The average Bonchev–Trinajstić information content (AvgIpc) is 2.64. The van der Waals surface area contributed by atoms with E-state index in [1.54, 1.807) is 12.1 Å². The highest BCUT2D eigenvalue weighted by Crippen LogP contribution is 2.33. The van der Waals surface area contributed by atoms with E-state index in [0.717, 1.165) is 57.5 Å². The monoisotopic (exact) mass is 377 g/mol. The largest absolute Gasteiger partial charge is 0.400 e. The molecule has 1 heterocycles. The smallest absolute Gasteiger partial charge is 0.270 e. The number of hydrogen-bond acceptors (Lipinski definition) is 2. The summed E-state index contributed by atoms with van der Waals surface area (Å²) in [4.78, 5) is 2.12. The Kier molecular flexibility index (Phi) is 12.1. The summed E-state index contributed by atoms with van der Waals surface area (Å²) in [6.45, 7) is 6.10. The van der Waals surface area contributed by atoms with Crippen LogP contribution in [0.25, 0.3) is 0 Å². The van der Waals surface area contributed by atoms with Crippen molar-refractivity contribution in [2.75, 3.05) is 25.6 Å². The zero-order chi connectivity index (χ0) is 20.9. The summed E-state index contributed by atoms with van der Waals surface area (Å²) in [6, 6.07) is 4.98. The minimum absolute atomic E-state index is 0.122. The number of benzene rings is 1. The zero-order valence-corrected chi connectivity index (χ0v) is 17.2. The molecule has 2 rings (SSSR count). The van der Waals surface area contributed by atoms with Crippen molar-refractivity contribution in [1.82, 2.24) is 0 Å². The van der Waals surface area contributed by atoms with Crippen LogP contribution < -0.4 is 4.90 Å². The SMILES string of the molecule is C#C/C=C(\C=C/C)CCC.CN1CCCc2cc(C(C)(F)F)ccc21.CO. The number of aliphatic hydroxyl groups excluding tert-OH is 1. The summed E-state index contributed by atoms with van der Waals surface area (Å²) in [5.74, 6) is -0.207. The summed E-state index contributed by atoms with van der Waals surface area (Å²) in [5.41, 5.74) is 3.50. The number of hydrogen-bond donors (Lipinski definition) is 1. The lowest BCUT2D eigenvalue weighted by Gasteiger charge is -2.28. The van der Waals surface area contributed by atoms with Gasteiger partial charge in [0.05, 0.1) is 0 Å². The van der Waals surface area contributed by atoms with Gasteiger partial charge in [-0.15, -0.1) is 6.42 Å². The van der Waals surface area contributed by atoms with Crippen LogP contribution in [0.1, 0.15) is 51.2 Å². The summed E-state index contributed by atoms with van der Waals surface area (Å²) in [5, 5.41) is 7.00. The number of nitrogens with zero attached hydrogens (tertiary/aromatic N) is 1. The van der Waals surface area contributed by atoms with Crippen LogP contribution >= 0.6 is 0 Å². The van der Waals surface area contributed by atoms with Crippen molar-refractivity contribution in [2.45, 2.75) is 52.4 Å². The Morgan fingerprint density at radius 3 is 2.56 bits per heavy atom. The van der Waals surface area contributed by atoms with Gasteiger partial charge in [0.1, 0.15) is 0 Å². The maximum atomic E-state index is 13.1. The molecule has 150 valence electrons. The van der Waals surface area contributed by atoms with Gasteiger partial charge in [0, 0.05) is 38.9 Å². The number of anilines is 1. The number of aliphatic hydroxyl groups is 1. The van der Waals surface area contributed by atoms with Crippen LogP contribution in [0.3, 0.4) is 0 Å². The van der Waals surface area contributed by atoms with E-state index < -0.39 is 5.92 Å². The number of alkyl halides is 2. The summed E-state index contributed by atoms with van der Waals surface area (Å²) in [7, 11) is 3.00. The summed E-state index contributed by atoms with van der Waals surface area (Å²) < 4.78 is 26.2. The van der Waals surface area contributed by atoms with E-state index in [9.17, 15) is 8.78 Å². The van der Waals surface area contributed by atoms with Crippen molar-refractivity contribution in [3.05, 3.63) is 53.1 Å². The van der Waals surface area contributed by atoms with Gasteiger partial charge in [-0.2, -0.15) is 0 Å². The molecule has 1 aromatic carbocycles. The van der Waals surface area contributed by atoms with Crippen molar-refractivity contribution < 1.29 is 13.9 Å². The Morgan fingerprint density at radius 1 is 1.37 bits per heavy atom. The van der Waals surface area contributed by atoms with E-state index >= 15 is 0 Å². The van der Waals surface area contributed by atoms with Gasteiger partial charge in [0.25, 0.3) is 5.92 Å². The second-order valence-electron chi connectivity index (χ2n) is 6.39. The molecular weight excluding hydrogens is 344 g/mol. The Morgan fingerprint density at radius 2 is 2.04 bits per heavy atom. The zero-order valence-electron chi connectivity index (χ0n) is 17.2. The van der Waals surface area contributed by atoms with E-state index in [1.165, 1.54) is 11.6 Å². The lowest BCUT2D eigenvalue weighted by atomic mass is 9.98. The summed E-state index contributed by atoms with van der Waals surface area (Å²) >= 11 is 0. The van der Waals surface area contributed by atoms with Crippen LogP contribution in [0, 0.1) is 12.3 Å². The van der Waals surface area contributed by atoms with Gasteiger partial charge in [-0.05, 0) is 55.5 Å². The van der Waals surface area contributed by atoms with Crippen LogP contribution in [-0.2, 0) is 12.3 Å². The lowest BCUT2D eigenvalue weighted by molar-refractivity contribution is 0.0174. The average molecular weight is 378 g/mol. The van der Waals surface area contributed by atoms with Crippen LogP contribution in [0.15, 0.2) is 42.0 Å². The van der Waals surface area contributed by atoms with Gasteiger partial charge in [0.2, 0.25) is 0 Å². The molecule has 0 radical (unpaired) electrons. The molecule has 0 saturated heterocycles. The number of allylic oxidation sites excluding steroid dienone is 4. The maximum absolute atomic E-state index is 13.1. The predicted octanol–water partition coefficient (Wildman–Crippen LogP) is 5.71. The number of fused-ring (bicyclic) bond motifs is 1. The quantitative estimate of drug-likeness (QED) is 0.536. The van der Waals surface area contributed by atoms with Crippen molar-refractivity contribution in [2.24, 2.45) is 0 Å². The van der Waals surface area contributed by atoms with Crippen molar-refractivity contribution in [1.29, 1.82) is 0 Å². The molecule has 0 amide bonds. The molecule has 0 fully saturated rings. The minimum Gasteiger partial charge on any atom is -0.400 e. The number of rotatable bonds is 4. The van der Waals surface area contributed by atoms with Crippen LogP contribution in [0.4, 0.5) is 14.5 Å². The molecule has 0 unspecified atom stereocenters. The van der Waals surface area contributed by atoms with Gasteiger partial charge >= 0.3 is 0 Å². The highest BCUT2D eigenvalue weighted by Gasteiger charge is 2.26. The van der Waals surface area contributed by atoms with Gasteiger partial charge in [0.15, 0.2) is 0 Å². The fraction of sp³-hybridized carbons (Fsp3) is 0.478. The van der Waals surface area contributed by atoms with E-state index in [-0.39, 0.29) is 5.56 Å². The molecule has 1 aliphatic heterocycles. The topological polar surface area (TPSA) is 23.5 Å². The third kappa shape index (κ3) is 8.88. The Balaban J connectivity index is 0.000000495. The molecule has 1 N–H and O–H groups in total. The standard InChI is InChI=1S/C12H15F2N.C10H14.CH4O/c1-12(13,14)10-5-6-11-9(8-10)4-3-7-15(11)2;1-4-7-10(8-5-2)9-6-3;1-2/h5-6,8H,3-4,7H2,1-2H3;1,5,7-8H,6,9H2,2-3H3;2H,1H3/b;8-5-,10-7+;. The van der Waals surface area contributed by atoms with E-state index in [2.05, 4.69) is 23.8 Å². The molecule has 0 saturated carbocycles. The molecule has 4 heteroatoms. The molecule has 1 aliphatic rings. The normalized spacial score (nSPS) is 13.7. The first kappa shape index (κ1) is 24.9. The lowest BCUT2D eigenvalue weighted by Crippen LogP contribution is -2.25. The predicted molar refractivity (Wildman–Crippen MR) is 112 cm³/mol. The van der Waals surface area contributed by atoms with Crippen molar-refractivity contribution in [3.63, 3.8) is 0 Å². The minimum atomic E-state index is -2.73. The van der Waals surface area contributed by atoms with E-state index in [4.69, 9.17) is 11.5 Å². The highest BCUT2D eigenvalue weighted by molar-refractivity contribution is 5.56. The molecule has 0 bridgehead atoms. The van der Waals surface area contributed by atoms with E-state index in [0.29, 0.717) is 0 Å². The number of terminal acetylenes is 1. The first-order chi connectivity index (χ1) is 12.8. The second kappa shape index (κ2) is 13.1. The van der Waals surface area contributed by atoms with Gasteiger partial charge in [-0.25, -0.2) is 8.78 Å². The van der Waals surface area contributed by atoms with Gasteiger partial charge in [-0.1, -0.05) is 37.5 Å². The molecule has 0 spiro atoms. The molecular formula is C23H33F2NO. The Labute approximate surface area is 163 Å². The molecule has 27 heavy (non-hydrogen) atoms. The van der Waals surface area contributed by atoms with Gasteiger partial charge in [-0.3, -0.25) is 0 Å². The molecule has 0 atom stereocenters. The fourth-order valence-electron chi connectivity index (χ4n) is 2.87. The van der Waals surface area contributed by atoms with E-state index in [1.807, 2.05) is 26.1 Å².